The molecule has 1 unspecified atom stereocenters. The van der Waals surface area contributed by atoms with Crippen LogP contribution in [0, 0.1) is 23.5 Å². The molecule has 2 fully saturated rings. The molecule has 0 spiro atoms. The Balaban J connectivity index is 1.79. The Hall–Kier alpha value is -2.75. The van der Waals surface area contributed by atoms with Gasteiger partial charge >= 0.3 is 0 Å². The lowest BCUT2D eigenvalue weighted by molar-refractivity contribution is 0.0260. The first-order valence-electron chi connectivity index (χ1n) is 12.2. The molecule has 3 heterocycles. The number of hydrazine groups is 1. The highest BCUT2D eigenvalue weighted by molar-refractivity contribution is 6.06. The van der Waals surface area contributed by atoms with E-state index in [2.05, 4.69) is 4.98 Å². The van der Waals surface area contributed by atoms with Gasteiger partial charge in [-0.2, -0.15) is 0 Å². The molecule has 3 aromatic rings. The van der Waals surface area contributed by atoms with Crippen molar-refractivity contribution < 1.29 is 18.6 Å². The van der Waals surface area contributed by atoms with Crippen LogP contribution in [0.4, 0.5) is 8.78 Å². The zero-order valence-corrected chi connectivity index (χ0v) is 20.4. The number of nitrogens with two attached hydrogens (primary N) is 2. The van der Waals surface area contributed by atoms with Gasteiger partial charge in [0.2, 0.25) is 0 Å². The van der Waals surface area contributed by atoms with Crippen LogP contribution in [0.25, 0.3) is 27.6 Å². The van der Waals surface area contributed by atoms with E-state index < -0.39 is 17.2 Å². The van der Waals surface area contributed by atoms with Gasteiger partial charge in [0.15, 0.2) is 5.82 Å². The van der Waals surface area contributed by atoms with Gasteiger partial charge in [-0.1, -0.05) is 0 Å². The third kappa shape index (κ3) is 4.05. The van der Waals surface area contributed by atoms with E-state index in [1.54, 1.807) is 20.2 Å². The second-order valence-electron chi connectivity index (χ2n) is 10.3. The molecular formula is C26H33F2N5O2. The molecule has 2 aromatic heterocycles. The molecule has 1 atom stereocenters. The first-order chi connectivity index (χ1) is 16.6. The highest BCUT2D eigenvalue weighted by Gasteiger charge is 2.45. The minimum atomic E-state index is -1.57. The molecule has 1 saturated heterocycles. The highest BCUT2D eigenvalue weighted by Crippen LogP contribution is 2.48. The molecule has 7 nitrogen and oxygen atoms in total. The minimum Gasteiger partial charge on any atom is -0.401 e. The van der Waals surface area contributed by atoms with Gasteiger partial charge < -0.3 is 25.2 Å². The summed E-state index contributed by atoms with van der Waals surface area (Å²) < 4.78 is 39.0. The van der Waals surface area contributed by atoms with Crippen LogP contribution >= 0.6 is 0 Å². The zero-order chi connectivity index (χ0) is 25.1. The number of nitrogens with zero attached hydrogens (tertiary/aromatic N) is 3. The molecule has 1 aliphatic carbocycles. The molecule has 1 saturated carbocycles. The Bertz CT molecular complexity index is 1320. The topological polar surface area (TPSA) is 103 Å². The van der Waals surface area contributed by atoms with Crippen LogP contribution in [0.3, 0.4) is 0 Å². The van der Waals surface area contributed by atoms with Crippen molar-refractivity contribution in [2.75, 3.05) is 20.3 Å². The van der Waals surface area contributed by atoms with Gasteiger partial charge in [0.1, 0.15) is 5.82 Å². The van der Waals surface area contributed by atoms with E-state index in [4.69, 9.17) is 16.3 Å². The summed E-state index contributed by atoms with van der Waals surface area (Å²) in [5.74, 6) is 4.69. The van der Waals surface area contributed by atoms with E-state index in [0.717, 1.165) is 25.7 Å². The van der Waals surface area contributed by atoms with Gasteiger partial charge in [-0.3, -0.25) is 4.98 Å². The van der Waals surface area contributed by atoms with Crippen LogP contribution in [0.1, 0.15) is 50.7 Å². The van der Waals surface area contributed by atoms with Gasteiger partial charge in [-0.15, -0.1) is 0 Å². The van der Waals surface area contributed by atoms with Crippen molar-refractivity contribution in [3.05, 3.63) is 46.8 Å². The maximum Gasteiger partial charge on any atom is 0.156 e. The lowest BCUT2D eigenvalue weighted by Crippen LogP contribution is -2.27. The number of benzene rings is 1. The third-order valence-electron chi connectivity index (χ3n) is 7.54. The Morgan fingerprint density at radius 3 is 2.54 bits per heavy atom. The van der Waals surface area contributed by atoms with Crippen LogP contribution in [0.15, 0.2) is 24.0 Å². The molecule has 9 heteroatoms. The molecule has 0 radical (unpaired) electrons. The molecule has 1 aromatic carbocycles. The molecule has 2 aliphatic rings. The fourth-order valence-corrected chi connectivity index (χ4v) is 5.57. The average molecular weight is 486 g/mol. The highest BCUT2D eigenvalue weighted by atomic mass is 19.1. The van der Waals surface area contributed by atoms with Gasteiger partial charge in [0, 0.05) is 49.6 Å². The van der Waals surface area contributed by atoms with Crippen LogP contribution in [0.2, 0.25) is 0 Å². The maximum atomic E-state index is 16.3. The van der Waals surface area contributed by atoms with Crippen LogP contribution < -0.4 is 11.6 Å². The number of halogens is 2. The zero-order valence-electron chi connectivity index (χ0n) is 20.4. The summed E-state index contributed by atoms with van der Waals surface area (Å²) in [5.41, 5.74) is 7.51. The normalized spacial score (nSPS) is 19.7. The number of rotatable bonds is 6. The summed E-state index contributed by atoms with van der Waals surface area (Å²) in [6.45, 7) is 5.10. The van der Waals surface area contributed by atoms with Gasteiger partial charge in [0.05, 0.1) is 33.4 Å². The number of hydrogen-bond donors (Lipinski definition) is 3. The van der Waals surface area contributed by atoms with Crippen LogP contribution in [-0.2, 0) is 16.9 Å². The van der Waals surface area contributed by atoms with E-state index in [1.165, 1.54) is 18.0 Å². The predicted molar refractivity (Wildman–Crippen MR) is 132 cm³/mol. The first kappa shape index (κ1) is 24.0. The summed E-state index contributed by atoms with van der Waals surface area (Å²) in [4.78, 5) is 4.62. The van der Waals surface area contributed by atoms with Gasteiger partial charge in [0.25, 0.3) is 0 Å². The number of pyridine rings is 1. The molecular weight excluding hydrogens is 452 g/mol. The van der Waals surface area contributed by atoms with E-state index in [1.807, 2.05) is 10.6 Å². The fraction of sp³-hybridized carbons (Fsp3) is 0.500. The fourth-order valence-electron chi connectivity index (χ4n) is 5.57. The summed E-state index contributed by atoms with van der Waals surface area (Å²) >= 11 is 0. The lowest BCUT2D eigenvalue weighted by Gasteiger charge is -2.26. The summed E-state index contributed by atoms with van der Waals surface area (Å²) in [6.07, 6.45) is 4.82. The van der Waals surface area contributed by atoms with Gasteiger partial charge in [-0.05, 0) is 63.5 Å². The Morgan fingerprint density at radius 1 is 1.26 bits per heavy atom. The van der Waals surface area contributed by atoms with Crippen LogP contribution in [-0.4, -0.2) is 39.9 Å². The molecule has 35 heavy (non-hydrogen) atoms. The number of aliphatic hydroxyl groups is 1. The average Bonchev–Trinajstić information content (AvgIpc) is 3.60. The van der Waals surface area contributed by atoms with E-state index >= 15 is 8.78 Å². The number of ether oxygens (including phenoxy) is 1. The van der Waals surface area contributed by atoms with Gasteiger partial charge in [-0.25, -0.2) is 14.6 Å². The third-order valence-corrected chi connectivity index (χ3v) is 7.54. The van der Waals surface area contributed by atoms with E-state index in [-0.39, 0.29) is 22.9 Å². The molecule has 5 N–H and O–H groups in total. The van der Waals surface area contributed by atoms with Crippen molar-refractivity contribution >= 4 is 27.6 Å². The van der Waals surface area contributed by atoms with Crippen molar-refractivity contribution in [2.45, 2.75) is 51.7 Å². The maximum absolute atomic E-state index is 16.3. The van der Waals surface area contributed by atoms with Crippen molar-refractivity contribution in [3.8, 4) is 0 Å². The molecule has 5 rings (SSSR count). The quantitative estimate of drug-likeness (QED) is 0.361. The van der Waals surface area contributed by atoms with E-state index in [9.17, 15) is 5.11 Å². The van der Waals surface area contributed by atoms with Crippen LogP contribution in [0.5, 0.6) is 0 Å². The van der Waals surface area contributed by atoms with E-state index in [0.29, 0.717) is 53.1 Å². The largest absolute Gasteiger partial charge is 0.401 e. The summed E-state index contributed by atoms with van der Waals surface area (Å²) in [6, 6.07) is 3.20. The number of allylic oxidation sites excluding steroid dienone is 1. The summed E-state index contributed by atoms with van der Waals surface area (Å²) in [7, 11) is 1.69. The summed E-state index contributed by atoms with van der Waals surface area (Å²) in [5, 5.41) is 12.9. The Labute approximate surface area is 203 Å². The SMILES string of the molecule is C/C(N)=C(\c1cnc2c3cc(F)c(C(C)(O)C4CC4)c(F)c3n(CC3CCOCC3)c2c1)N(C)N. The molecule has 188 valence electrons. The standard InChI is InChI=1S/C26H33F2N5O2/c1-14(29)24(32(3)30)16-10-20-23(31-12-16)18-11-19(27)21(26(2,34)17-4-5-17)22(28)25(18)33(20)13-15-6-8-35-9-7-15/h10-12,15,17,34H,4-9,13,29-30H2,1-3H3/b24-14-. The predicted octanol–water partition coefficient (Wildman–Crippen LogP) is 3.96. The lowest BCUT2D eigenvalue weighted by atomic mass is 9.89. The van der Waals surface area contributed by atoms with Crippen molar-refractivity contribution in [1.29, 1.82) is 0 Å². The second kappa shape index (κ2) is 8.72. The smallest absolute Gasteiger partial charge is 0.156 e. The van der Waals surface area contributed by atoms with Crippen molar-refractivity contribution in [1.82, 2.24) is 14.6 Å². The van der Waals surface area contributed by atoms with Crippen molar-refractivity contribution in [2.24, 2.45) is 23.4 Å². The molecule has 1 aliphatic heterocycles. The minimum absolute atomic E-state index is 0.151. The monoisotopic (exact) mass is 485 g/mol. The number of aromatic nitrogens is 2. The first-order valence-corrected chi connectivity index (χ1v) is 12.2. The number of fused-ring (bicyclic) bond motifs is 3. The Kier molecular flexibility index (Phi) is 5.97. The Morgan fingerprint density at radius 2 is 1.94 bits per heavy atom. The number of hydrogen-bond acceptors (Lipinski definition) is 6. The second-order valence-corrected chi connectivity index (χ2v) is 10.3. The molecule has 0 bridgehead atoms. The molecule has 0 amide bonds. The van der Waals surface area contributed by atoms with Crippen molar-refractivity contribution in [3.63, 3.8) is 0 Å².